The van der Waals surface area contributed by atoms with Gasteiger partial charge in [-0.25, -0.2) is 0 Å². The minimum Gasteiger partial charge on any atom is -0.370 e. The molecule has 1 amide bonds. The molecule has 3 nitrogen and oxygen atoms in total. The highest BCUT2D eigenvalue weighted by atomic mass is 16.2. The van der Waals surface area contributed by atoms with Crippen LogP contribution < -0.4 is 10.2 Å². The molecule has 1 aromatic carbocycles. The molecular weight excluding hydrogens is 236 g/mol. The van der Waals surface area contributed by atoms with Crippen molar-refractivity contribution in [3.63, 3.8) is 0 Å². The summed E-state index contributed by atoms with van der Waals surface area (Å²) in [6.07, 6.45) is 6.06. The first kappa shape index (κ1) is 12.5. The van der Waals surface area contributed by atoms with E-state index in [4.69, 9.17) is 0 Å². The Bertz CT molecular complexity index is 489. The zero-order valence-electron chi connectivity index (χ0n) is 11.8. The number of nitrogens with zero attached hydrogens (tertiary/aromatic N) is 1. The molecule has 0 bridgehead atoms. The van der Waals surface area contributed by atoms with Crippen LogP contribution in [0.4, 0.5) is 11.4 Å². The molecule has 0 aromatic heterocycles. The van der Waals surface area contributed by atoms with Gasteiger partial charge in [-0.1, -0.05) is 31.4 Å². The monoisotopic (exact) mass is 258 g/mol. The number of benzene rings is 1. The molecule has 1 aromatic rings. The lowest BCUT2D eigenvalue weighted by Crippen LogP contribution is -2.57. The lowest BCUT2D eigenvalue weighted by atomic mass is 9.90. The first-order valence-electron chi connectivity index (χ1n) is 7.30. The second-order valence-corrected chi connectivity index (χ2v) is 6.23. The van der Waals surface area contributed by atoms with Gasteiger partial charge >= 0.3 is 0 Å². The average molecular weight is 258 g/mol. The van der Waals surface area contributed by atoms with Crippen molar-refractivity contribution in [2.75, 3.05) is 10.2 Å². The van der Waals surface area contributed by atoms with Gasteiger partial charge < -0.3 is 10.2 Å². The van der Waals surface area contributed by atoms with E-state index in [0.29, 0.717) is 6.04 Å². The normalized spacial score (nSPS) is 22.8. The number of fused-ring (bicyclic) bond motifs is 1. The molecule has 2 aliphatic rings. The molecule has 0 unspecified atom stereocenters. The molecule has 3 rings (SSSR count). The summed E-state index contributed by atoms with van der Waals surface area (Å²) in [5, 5.41) is 3.36. The van der Waals surface area contributed by atoms with Crippen molar-refractivity contribution >= 4 is 17.3 Å². The van der Waals surface area contributed by atoms with Gasteiger partial charge in [-0.05, 0) is 38.8 Å². The maximum Gasteiger partial charge on any atom is 0.252 e. The van der Waals surface area contributed by atoms with Crippen LogP contribution in [0, 0.1) is 0 Å². The van der Waals surface area contributed by atoms with Crippen LogP contribution in [-0.2, 0) is 4.79 Å². The summed E-state index contributed by atoms with van der Waals surface area (Å²) in [5.74, 6) is 0.207. The zero-order valence-corrected chi connectivity index (χ0v) is 11.8. The molecule has 1 N–H and O–H groups in total. The molecule has 3 heteroatoms. The fraction of sp³-hybridized carbons (Fsp3) is 0.562. The van der Waals surface area contributed by atoms with E-state index in [1.165, 1.54) is 19.3 Å². The zero-order chi connectivity index (χ0) is 13.5. The Morgan fingerprint density at radius 1 is 1.16 bits per heavy atom. The number of hydrogen-bond acceptors (Lipinski definition) is 2. The van der Waals surface area contributed by atoms with Crippen LogP contribution in [0.1, 0.15) is 46.0 Å². The minimum atomic E-state index is -0.508. The first-order valence-corrected chi connectivity index (χ1v) is 7.30. The van der Waals surface area contributed by atoms with Crippen LogP contribution in [0.15, 0.2) is 24.3 Å². The Morgan fingerprint density at radius 2 is 1.84 bits per heavy atom. The van der Waals surface area contributed by atoms with Crippen LogP contribution in [0.3, 0.4) is 0 Å². The Morgan fingerprint density at radius 3 is 2.58 bits per heavy atom. The number of rotatable bonds is 1. The van der Waals surface area contributed by atoms with Crippen LogP contribution in [-0.4, -0.2) is 17.5 Å². The smallest absolute Gasteiger partial charge is 0.252 e. The van der Waals surface area contributed by atoms with Gasteiger partial charge in [-0.3, -0.25) is 4.79 Å². The van der Waals surface area contributed by atoms with Gasteiger partial charge in [0.25, 0.3) is 5.91 Å². The molecule has 1 saturated carbocycles. The van der Waals surface area contributed by atoms with E-state index < -0.39 is 5.54 Å². The Balaban J connectivity index is 2.02. The van der Waals surface area contributed by atoms with E-state index in [-0.39, 0.29) is 5.91 Å². The third kappa shape index (κ3) is 2.11. The number of carbonyl (C=O) groups is 1. The fourth-order valence-electron chi connectivity index (χ4n) is 3.29. The van der Waals surface area contributed by atoms with Crippen molar-refractivity contribution < 1.29 is 4.79 Å². The van der Waals surface area contributed by atoms with Crippen molar-refractivity contribution in [2.24, 2.45) is 0 Å². The van der Waals surface area contributed by atoms with Crippen LogP contribution in [0.25, 0.3) is 0 Å². The molecule has 1 aliphatic carbocycles. The highest BCUT2D eigenvalue weighted by Gasteiger charge is 2.41. The van der Waals surface area contributed by atoms with Crippen molar-refractivity contribution in [2.45, 2.75) is 57.5 Å². The van der Waals surface area contributed by atoms with Gasteiger partial charge in [-0.2, -0.15) is 0 Å². The third-order valence-corrected chi connectivity index (χ3v) is 4.30. The summed E-state index contributed by atoms with van der Waals surface area (Å²) in [6.45, 7) is 3.95. The first-order chi connectivity index (χ1) is 9.09. The summed E-state index contributed by atoms with van der Waals surface area (Å²) in [7, 11) is 0. The van der Waals surface area contributed by atoms with E-state index >= 15 is 0 Å². The highest BCUT2D eigenvalue weighted by molar-refractivity contribution is 6.07. The molecule has 1 fully saturated rings. The standard InChI is InChI=1S/C16H22N2O/c1-16(2)15(19)18(12-8-4-3-5-9-12)14-11-7-6-10-13(14)17-16/h6-7,10-12,17H,3-5,8-9H2,1-2H3. The predicted octanol–water partition coefficient (Wildman–Crippen LogP) is 3.56. The van der Waals surface area contributed by atoms with Gasteiger partial charge in [0.2, 0.25) is 0 Å². The molecule has 19 heavy (non-hydrogen) atoms. The average Bonchev–Trinajstić information content (AvgIpc) is 2.41. The number of nitrogens with one attached hydrogen (secondary N) is 1. The fourth-order valence-corrected chi connectivity index (χ4v) is 3.29. The summed E-state index contributed by atoms with van der Waals surface area (Å²) < 4.78 is 0. The van der Waals surface area contributed by atoms with Crippen LogP contribution >= 0.6 is 0 Å². The lowest BCUT2D eigenvalue weighted by molar-refractivity contribution is -0.122. The predicted molar refractivity (Wildman–Crippen MR) is 78.5 cm³/mol. The molecule has 1 heterocycles. The van der Waals surface area contributed by atoms with Gasteiger partial charge in [-0.15, -0.1) is 0 Å². The van der Waals surface area contributed by atoms with Crippen molar-refractivity contribution in [1.29, 1.82) is 0 Å². The SMILES string of the molecule is CC1(C)Nc2ccccc2N(C2CCCCC2)C1=O. The molecule has 102 valence electrons. The second kappa shape index (κ2) is 4.55. The summed E-state index contributed by atoms with van der Waals surface area (Å²) in [4.78, 5) is 14.8. The largest absolute Gasteiger partial charge is 0.370 e. The number of hydrogen-bond donors (Lipinski definition) is 1. The maximum atomic E-state index is 12.8. The van der Waals surface area contributed by atoms with Gasteiger partial charge in [0.05, 0.1) is 11.4 Å². The number of amides is 1. The molecule has 0 spiro atoms. The van der Waals surface area contributed by atoms with E-state index in [9.17, 15) is 4.79 Å². The van der Waals surface area contributed by atoms with Gasteiger partial charge in [0, 0.05) is 6.04 Å². The molecule has 1 aliphatic heterocycles. The third-order valence-electron chi connectivity index (χ3n) is 4.30. The topological polar surface area (TPSA) is 32.3 Å². The Hall–Kier alpha value is -1.51. The minimum absolute atomic E-state index is 0.207. The molecule has 0 saturated heterocycles. The second-order valence-electron chi connectivity index (χ2n) is 6.23. The summed E-state index contributed by atoms with van der Waals surface area (Å²) in [6, 6.07) is 8.55. The quantitative estimate of drug-likeness (QED) is 0.835. The Labute approximate surface area is 115 Å². The summed E-state index contributed by atoms with van der Waals surface area (Å²) >= 11 is 0. The van der Waals surface area contributed by atoms with Crippen molar-refractivity contribution in [1.82, 2.24) is 0 Å². The highest BCUT2D eigenvalue weighted by Crippen LogP contribution is 2.39. The van der Waals surface area contributed by atoms with E-state index in [1.54, 1.807) is 0 Å². The lowest BCUT2D eigenvalue weighted by Gasteiger charge is -2.44. The van der Waals surface area contributed by atoms with Crippen molar-refractivity contribution in [3.8, 4) is 0 Å². The van der Waals surface area contributed by atoms with Crippen molar-refractivity contribution in [3.05, 3.63) is 24.3 Å². The maximum absolute atomic E-state index is 12.8. The van der Waals surface area contributed by atoms with Gasteiger partial charge in [0.15, 0.2) is 0 Å². The number of para-hydroxylation sites is 2. The van der Waals surface area contributed by atoms with Gasteiger partial charge in [0.1, 0.15) is 5.54 Å². The van der Waals surface area contributed by atoms with Crippen LogP contribution in [0.2, 0.25) is 0 Å². The van der Waals surface area contributed by atoms with Crippen LogP contribution in [0.5, 0.6) is 0 Å². The molecular formula is C16H22N2O. The van der Waals surface area contributed by atoms with E-state index in [0.717, 1.165) is 24.2 Å². The van der Waals surface area contributed by atoms with E-state index in [1.807, 2.05) is 26.0 Å². The number of anilines is 2. The molecule has 0 atom stereocenters. The molecule has 0 radical (unpaired) electrons. The number of carbonyl (C=O) groups excluding carboxylic acids is 1. The summed E-state index contributed by atoms with van der Waals surface area (Å²) in [5.41, 5.74) is 1.63. The van der Waals surface area contributed by atoms with E-state index in [2.05, 4.69) is 22.3 Å². The Kier molecular flexibility index (Phi) is 3.00.